The van der Waals surface area contributed by atoms with Gasteiger partial charge in [0.05, 0.1) is 24.1 Å². The first-order valence-corrected chi connectivity index (χ1v) is 8.85. The summed E-state index contributed by atoms with van der Waals surface area (Å²) in [6.45, 7) is 3.15. The summed E-state index contributed by atoms with van der Waals surface area (Å²) < 4.78 is 63.2. The van der Waals surface area contributed by atoms with Crippen LogP contribution in [0.3, 0.4) is 0 Å². The number of sulfone groups is 1. The van der Waals surface area contributed by atoms with Gasteiger partial charge in [0, 0.05) is 17.5 Å². The predicted octanol–water partition coefficient (Wildman–Crippen LogP) is 3.31. The number of nitrogens with zero attached hydrogens (tertiary/aromatic N) is 2. The highest BCUT2D eigenvalue weighted by atomic mass is 32.2. The predicted molar refractivity (Wildman–Crippen MR) is 81.7 cm³/mol. The third-order valence-corrected chi connectivity index (χ3v) is 5.27. The zero-order valence-corrected chi connectivity index (χ0v) is 13.6. The number of hydrogen-bond acceptors (Lipinski definition) is 3. The van der Waals surface area contributed by atoms with E-state index >= 15 is 0 Å². The van der Waals surface area contributed by atoms with Crippen LogP contribution in [-0.4, -0.2) is 29.7 Å². The quantitative estimate of drug-likeness (QED) is 0.835. The molecule has 0 aliphatic carbocycles. The lowest BCUT2D eigenvalue weighted by atomic mass is 10.0. The molecule has 0 aliphatic rings. The van der Waals surface area contributed by atoms with E-state index in [0.717, 1.165) is 6.07 Å². The lowest BCUT2D eigenvalue weighted by Gasteiger charge is -2.11. The van der Waals surface area contributed by atoms with Crippen molar-refractivity contribution in [2.75, 3.05) is 11.5 Å². The fraction of sp³-hybridized carbons (Fsp3) is 0.400. The van der Waals surface area contributed by atoms with Crippen LogP contribution in [0.15, 0.2) is 30.6 Å². The summed E-state index contributed by atoms with van der Waals surface area (Å²) in [5.74, 6) is 0.000347. The Morgan fingerprint density at radius 2 is 1.91 bits per heavy atom. The van der Waals surface area contributed by atoms with Crippen LogP contribution in [0.2, 0.25) is 0 Å². The molecule has 0 saturated carbocycles. The molecule has 0 atom stereocenters. The van der Waals surface area contributed by atoms with Gasteiger partial charge in [-0.05, 0) is 24.1 Å². The average Bonchev–Trinajstić information content (AvgIpc) is 2.93. The first kappa shape index (κ1) is 17.5. The maximum atomic E-state index is 13.0. The Labute approximate surface area is 132 Å². The van der Waals surface area contributed by atoms with Crippen LogP contribution in [0, 0.1) is 6.92 Å². The number of rotatable bonds is 5. The standard InChI is InChI=1S/C15H17F3N2O2S/c1-3-23(21,22)7-6-20-10-13(9-19-20)12-5-4-11(2)14(8-12)15(16,17)18/h4-5,8-10H,3,6-7H2,1-2H3. The highest BCUT2D eigenvalue weighted by Gasteiger charge is 2.32. The molecule has 1 aromatic carbocycles. The number of hydrogen-bond donors (Lipinski definition) is 0. The molecule has 2 aromatic rings. The van der Waals surface area contributed by atoms with Crippen LogP contribution >= 0.6 is 0 Å². The lowest BCUT2D eigenvalue weighted by molar-refractivity contribution is -0.138. The minimum atomic E-state index is -4.41. The summed E-state index contributed by atoms with van der Waals surface area (Å²) in [5, 5.41) is 4.02. The minimum absolute atomic E-state index is 0.0493. The first-order chi connectivity index (χ1) is 10.6. The van der Waals surface area contributed by atoms with Crippen molar-refractivity contribution in [2.24, 2.45) is 0 Å². The Morgan fingerprint density at radius 3 is 2.52 bits per heavy atom. The van der Waals surface area contributed by atoms with Crippen LogP contribution in [0.25, 0.3) is 11.1 Å². The van der Waals surface area contributed by atoms with Gasteiger partial charge in [0.25, 0.3) is 0 Å². The third-order valence-electron chi connectivity index (χ3n) is 3.58. The summed E-state index contributed by atoms with van der Waals surface area (Å²) in [6.07, 6.45) is -1.43. The van der Waals surface area contributed by atoms with E-state index in [-0.39, 0.29) is 23.6 Å². The number of aromatic nitrogens is 2. The zero-order chi connectivity index (χ0) is 17.3. The van der Waals surface area contributed by atoms with Crippen molar-refractivity contribution in [2.45, 2.75) is 26.6 Å². The van der Waals surface area contributed by atoms with Crippen molar-refractivity contribution < 1.29 is 21.6 Å². The molecule has 0 N–H and O–H groups in total. The molecule has 2 rings (SSSR count). The second-order valence-electron chi connectivity index (χ2n) is 5.26. The molecular weight excluding hydrogens is 329 g/mol. The molecule has 0 aliphatic heterocycles. The van der Waals surface area contributed by atoms with Crippen molar-refractivity contribution in [3.05, 3.63) is 41.7 Å². The first-order valence-electron chi connectivity index (χ1n) is 7.03. The van der Waals surface area contributed by atoms with Gasteiger partial charge in [0.1, 0.15) is 0 Å². The molecular formula is C15H17F3N2O2S. The Bertz CT molecular complexity index is 795. The zero-order valence-electron chi connectivity index (χ0n) is 12.8. The van der Waals surface area contributed by atoms with Gasteiger partial charge >= 0.3 is 6.18 Å². The lowest BCUT2D eigenvalue weighted by Crippen LogP contribution is -2.14. The van der Waals surface area contributed by atoms with Gasteiger partial charge in [0.15, 0.2) is 9.84 Å². The van der Waals surface area contributed by atoms with E-state index < -0.39 is 21.6 Å². The second-order valence-corrected chi connectivity index (χ2v) is 7.73. The number of alkyl halides is 3. The fourth-order valence-corrected chi connectivity index (χ4v) is 2.87. The molecule has 23 heavy (non-hydrogen) atoms. The van der Waals surface area contributed by atoms with Crippen LogP contribution in [-0.2, 0) is 22.6 Å². The fourth-order valence-electron chi connectivity index (χ4n) is 2.12. The highest BCUT2D eigenvalue weighted by Crippen LogP contribution is 2.34. The van der Waals surface area contributed by atoms with Gasteiger partial charge in [-0.25, -0.2) is 8.42 Å². The van der Waals surface area contributed by atoms with Crippen molar-refractivity contribution in [3.63, 3.8) is 0 Å². The molecule has 0 spiro atoms. The molecule has 8 heteroatoms. The van der Waals surface area contributed by atoms with Crippen molar-refractivity contribution in [1.82, 2.24) is 9.78 Å². The molecule has 0 unspecified atom stereocenters. The monoisotopic (exact) mass is 346 g/mol. The Kier molecular flexibility index (Phi) is 4.84. The van der Waals surface area contributed by atoms with Crippen molar-refractivity contribution >= 4 is 9.84 Å². The maximum absolute atomic E-state index is 13.0. The van der Waals surface area contributed by atoms with E-state index in [1.807, 2.05) is 0 Å². The summed E-state index contributed by atoms with van der Waals surface area (Å²) >= 11 is 0. The van der Waals surface area contributed by atoms with E-state index in [9.17, 15) is 21.6 Å². The van der Waals surface area contributed by atoms with Crippen LogP contribution < -0.4 is 0 Å². The van der Waals surface area contributed by atoms with E-state index in [0.29, 0.717) is 11.1 Å². The summed E-state index contributed by atoms with van der Waals surface area (Å²) in [7, 11) is -3.11. The SMILES string of the molecule is CCS(=O)(=O)CCn1cc(-c2ccc(C)c(C(F)(F)F)c2)cn1. The molecule has 1 heterocycles. The van der Waals surface area contributed by atoms with Gasteiger partial charge in [-0.1, -0.05) is 19.1 Å². The van der Waals surface area contributed by atoms with Gasteiger partial charge in [-0.3, -0.25) is 4.68 Å². The molecule has 0 fully saturated rings. The van der Waals surface area contributed by atoms with E-state index in [4.69, 9.17) is 0 Å². The topological polar surface area (TPSA) is 52.0 Å². The summed E-state index contributed by atoms with van der Waals surface area (Å²) in [5.41, 5.74) is 0.385. The van der Waals surface area contributed by atoms with Gasteiger partial charge in [-0.2, -0.15) is 18.3 Å². The van der Waals surface area contributed by atoms with E-state index in [1.165, 1.54) is 23.9 Å². The van der Waals surface area contributed by atoms with Crippen LogP contribution in [0.5, 0.6) is 0 Å². The van der Waals surface area contributed by atoms with Gasteiger partial charge in [-0.15, -0.1) is 0 Å². The molecule has 0 radical (unpaired) electrons. The smallest absolute Gasteiger partial charge is 0.271 e. The Balaban J connectivity index is 2.24. The minimum Gasteiger partial charge on any atom is -0.271 e. The number of aryl methyl sites for hydroxylation is 2. The summed E-state index contributed by atoms with van der Waals surface area (Å²) in [6, 6.07) is 4.09. The Morgan fingerprint density at radius 1 is 1.22 bits per heavy atom. The normalized spacial score (nSPS) is 12.6. The molecule has 4 nitrogen and oxygen atoms in total. The number of halogens is 3. The van der Waals surface area contributed by atoms with Crippen molar-refractivity contribution in [1.29, 1.82) is 0 Å². The maximum Gasteiger partial charge on any atom is 0.416 e. The molecule has 0 bridgehead atoms. The summed E-state index contributed by atoms with van der Waals surface area (Å²) in [4.78, 5) is 0. The number of benzene rings is 1. The van der Waals surface area contributed by atoms with Crippen LogP contribution in [0.4, 0.5) is 13.2 Å². The largest absolute Gasteiger partial charge is 0.416 e. The van der Waals surface area contributed by atoms with Crippen LogP contribution in [0.1, 0.15) is 18.1 Å². The molecule has 0 amide bonds. The van der Waals surface area contributed by atoms with Gasteiger partial charge < -0.3 is 0 Å². The van der Waals surface area contributed by atoms with Crippen molar-refractivity contribution in [3.8, 4) is 11.1 Å². The molecule has 0 saturated heterocycles. The third kappa shape index (κ3) is 4.34. The average molecular weight is 346 g/mol. The van der Waals surface area contributed by atoms with Gasteiger partial charge in [0.2, 0.25) is 0 Å². The highest BCUT2D eigenvalue weighted by molar-refractivity contribution is 7.91. The van der Waals surface area contributed by atoms with E-state index in [2.05, 4.69) is 5.10 Å². The molecule has 126 valence electrons. The second kappa shape index (κ2) is 6.35. The Hall–Kier alpha value is -1.83. The molecule has 1 aromatic heterocycles. The van der Waals surface area contributed by atoms with E-state index in [1.54, 1.807) is 19.2 Å².